The van der Waals surface area contributed by atoms with Crippen molar-refractivity contribution >= 4 is 33.4 Å². The van der Waals surface area contributed by atoms with E-state index in [0.29, 0.717) is 35.5 Å². The number of rotatable bonds is 8. The monoisotopic (exact) mass is 485 g/mol. The van der Waals surface area contributed by atoms with E-state index < -0.39 is 10.0 Å². The molecule has 0 unspecified atom stereocenters. The molecule has 2 aromatic carbocycles. The number of anilines is 1. The molecule has 1 saturated heterocycles. The van der Waals surface area contributed by atoms with E-state index in [1.807, 2.05) is 41.8 Å². The van der Waals surface area contributed by atoms with Gasteiger partial charge in [-0.1, -0.05) is 36.4 Å². The van der Waals surface area contributed by atoms with E-state index in [1.54, 1.807) is 28.6 Å². The van der Waals surface area contributed by atoms with Crippen LogP contribution in [0.3, 0.4) is 0 Å². The Kier molecular flexibility index (Phi) is 7.46. The maximum absolute atomic E-state index is 12.9. The summed E-state index contributed by atoms with van der Waals surface area (Å²) in [5, 5.41) is 12.1. The highest BCUT2D eigenvalue weighted by molar-refractivity contribution is 7.99. The lowest BCUT2D eigenvalue weighted by Gasteiger charge is -2.25. The van der Waals surface area contributed by atoms with E-state index in [0.717, 1.165) is 30.5 Å². The largest absolute Gasteiger partial charge is 0.325 e. The van der Waals surface area contributed by atoms with Crippen LogP contribution in [0.5, 0.6) is 0 Å². The Hall–Kier alpha value is -2.69. The molecule has 2 heterocycles. The SMILES string of the molecule is CCn1c(SCC(=O)Nc2ccccc2)nnc1-c1ccc(S(=O)(=O)N2CCCCC2)cc1. The first-order valence-corrected chi connectivity index (χ1v) is 13.4. The van der Waals surface area contributed by atoms with Gasteiger partial charge in [0.2, 0.25) is 15.9 Å². The summed E-state index contributed by atoms with van der Waals surface area (Å²) in [5.74, 6) is 0.733. The molecule has 10 heteroatoms. The van der Waals surface area contributed by atoms with Crippen LogP contribution >= 0.6 is 11.8 Å². The zero-order valence-electron chi connectivity index (χ0n) is 18.5. The average molecular weight is 486 g/mol. The van der Waals surface area contributed by atoms with Crippen LogP contribution in [-0.2, 0) is 21.4 Å². The number of thioether (sulfide) groups is 1. The predicted molar refractivity (Wildman–Crippen MR) is 130 cm³/mol. The number of sulfonamides is 1. The highest BCUT2D eigenvalue weighted by atomic mass is 32.2. The topological polar surface area (TPSA) is 97.2 Å². The van der Waals surface area contributed by atoms with E-state index in [2.05, 4.69) is 15.5 Å². The van der Waals surface area contributed by atoms with Gasteiger partial charge in [0.25, 0.3) is 0 Å². The van der Waals surface area contributed by atoms with Gasteiger partial charge in [0.1, 0.15) is 0 Å². The fourth-order valence-corrected chi connectivity index (χ4v) is 6.09. The first-order valence-electron chi connectivity index (χ1n) is 11.0. The van der Waals surface area contributed by atoms with Gasteiger partial charge in [-0.05, 0) is 56.2 Å². The van der Waals surface area contributed by atoms with Crippen molar-refractivity contribution in [2.75, 3.05) is 24.2 Å². The van der Waals surface area contributed by atoms with Crippen molar-refractivity contribution in [3.8, 4) is 11.4 Å². The van der Waals surface area contributed by atoms with Crippen LogP contribution in [0.15, 0.2) is 64.6 Å². The van der Waals surface area contributed by atoms with Crippen molar-refractivity contribution in [3.05, 3.63) is 54.6 Å². The van der Waals surface area contributed by atoms with Gasteiger partial charge in [0, 0.05) is 30.9 Å². The number of nitrogens with one attached hydrogen (secondary N) is 1. The molecule has 0 aliphatic carbocycles. The van der Waals surface area contributed by atoms with Crippen LogP contribution in [-0.4, -0.2) is 52.2 Å². The highest BCUT2D eigenvalue weighted by Crippen LogP contribution is 2.27. The fourth-order valence-electron chi connectivity index (χ4n) is 3.77. The van der Waals surface area contributed by atoms with Crippen molar-refractivity contribution in [1.82, 2.24) is 19.1 Å². The quantitative estimate of drug-likeness (QED) is 0.487. The van der Waals surface area contributed by atoms with E-state index in [9.17, 15) is 13.2 Å². The second kappa shape index (κ2) is 10.5. The summed E-state index contributed by atoms with van der Waals surface area (Å²) in [4.78, 5) is 12.6. The summed E-state index contributed by atoms with van der Waals surface area (Å²) >= 11 is 1.32. The minimum atomic E-state index is -3.47. The number of carbonyl (C=O) groups excluding carboxylic acids is 1. The smallest absolute Gasteiger partial charge is 0.243 e. The first kappa shape index (κ1) is 23.5. The zero-order chi connectivity index (χ0) is 23.3. The Bertz CT molecular complexity index is 1190. The van der Waals surface area contributed by atoms with Crippen LogP contribution < -0.4 is 5.32 Å². The Morgan fingerprint density at radius 2 is 1.70 bits per heavy atom. The summed E-state index contributed by atoms with van der Waals surface area (Å²) in [7, 11) is -3.47. The van der Waals surface area contributed by atoms with E-state index in [1.165, 1.54) is 11.8 Å². The molecular weight excluding hydrogens is 458 g/mol. The molecule has 1 aromatic heterocycles. The molecule has 1 N–H and O–H groups in total. The highest BCUT2D eigenvalue weighted by Gasteiger charge is 2.26. The van der Waals surface area contributed by atoms with E-state index >= 15 is 0 Å². The second-order valence-electron chi connectivity index (χ2n) is 7.74. The molecule has 1 amide bonds. The standard InChI is InChI=1S/C23H27N5O3S2/c1-2-28-22(25-26-23(28)32-17-21(29)24-19-9-5-3-6-10-19)18-11-13-20(14-12-18)33(30,31)27-15-7-4-8-16-27/h3,5-6,9-14H,2,4,7-8,15-17H2,1H3,(H,24,29). The van der Waals surface area contributed by atoms with Crippen molar-refractivity contribution < 1.29 is 13.2 Å². The number of hydrogen-bond acceptors (Lipinski definition) is 6. The number of amides is 1. The Balaban J connectivity index is 1.45. The molecule has 0 bridgehead atoms. The lowest BCUT2D eigenvalue weighted by Crippen LogP contribution is -2.35. The number of carbonyl (C=O) groups is 1. The summed E-state index contributed by atoms with van der Waals surface area (Å²) < 4.78 is 29.3. The lowest BCUT2D eigenvalue weighted by molar-refractivity contribution is -0.113. The Labute approximate surface area is 198 Å². The summed E-state index contributed by atoms with van der Waals surface area (Å²) in [5.41, 5.74) is 1.53. The van der Waals surface area contributed by atoms with Crippen LogP contribution in [0.2, 0.25) is 0 Å². The fraction of sp³-hybridized carbons (Fsp3) is 0.348. The van der Waals surface area contributed by atoms with Gasteiger partial charge in [-0.3, -0.25) is 4.79 Å². The van der Waals surface area contributed by atoms with Crippen molar-refractivity contribution in [1.29, 1.82) is 0 Å². The van der Waals surface area contributed by atoms with Gasteiger partial charge in [0.05, 0.1) is 10.6 Å². The summed E-state index contributed by atoms with van der Waals surface area (Å²) in [6, 6.07) is 16.1. The average Bonchev–Trinajstić information content (AvgIpc) is 3.27. The van der Waals surface area contributed by atoms with Gasteiger partial charge >= 0.3 is 0 Å². The molecule has 1 fully saturated rings. The van der Waals surface area contributed by atoms with E-state index in [-0.39, 0.29) is 11.7 Å². The Morgan fingerprint density at radius 1 is 1.00 bits per heavy atom. The van der Waals surface area contributed by atoms with Crippen LogP contribution in [0.4, 0.5) is 5.69 Å². The van der Waals surface area contributed by atoms with Crippen LogP contribution in [0.25, 0.3) is 11.4 Å². The van der Waals surface area contributed by atoms with Crippen LogP contribution in [0, 0.1) is 0 Å². The third-order valence-corrected chi connectivity index (χ3v) is 8.37. The number of hydrogen-bond donors (Lipinski definition) is 1. The minimum absolute atomic E-state index is 0.120. The van der Waals surface area contributed by atoms with Gasteiger partial charge < -0.3 is 9.88 Å². The second-order valence-corrected chi connectivity index (χ2v) is 10.6. The van der Waals surface area contributed by atoms with Crippen LogP contribution in [0.1, 0.15) is 26.2 Å². The third-order valence-electron chi connectivity index (χ3n) is 5.49. The number of nitrogens with zero attached hydrogens (tertiary/aromatic N) is 4. The number of piperidine rings is 1. The summed E-state index contributed by atoms with van der Waals surface area (Å²) in [6.07, 6.45) is 2.88. The number of benzene rings is 2. The summed E-state index contributed by atoms with van der Waals surface area (Å²) in [6.45, 7) is 3.76. The van der Waals surface area contributed by atoms with Crippen molar-refractivity contribution in [2.24, 2.45) is 0 Å². The molecule has 33 heavy (non-hydrogen) atoms. The van der Waals surface area contributed by atoms with Crippen molar-refractivity contribution in [3.63, 3.8) is 0 Å². The Morgan fingerprint density at radius 3 is 2.36 bits per heavy atom. The van der Waals surface area contributed by atoms with E-state index in [4.69, 9.17) is 0 Å². The molecule has 8 nitrogen and oxygen atoms in total. The number of aromatic nitrogens is 3. The minimum Gasteiger partial charge on any atom is -0.325 e. The lowest BCUT2D eigenvalue weighted by atomic mass is 10.2. The van der Waals surface area contributed by atoms with Gasteiger partial charge in [-0.15, -0.1) is 10.2 Å². The van der Waals surface area contributed by atoms with Gasteiger partial charge in [0.15, 0.2) is 11.0 Å². The molecule has 174 valence electrons. The molecule has 0 radical (unpaired) electrons. The predicted octanol–water partition coefficient (Wildman–Crippen LogP) is 3.87. The molecular formula is C23H27N5O3S2. The molecule has 4 rings (SSSR count). The molecule has 0 saturated carbocycles. The van der Waals surface area contributed by atoms with Gasteiger partial charge in [-0.2, -0.15) is 4.31 Å². The van der Waals surface area contributed by atoms with Gasteiger partial charge in [-0.25, -0.2) is 8.42 Å². The first-order chi connectivity index (χ1) is 16.0. The maximum Gasteiger partial charge on any atom is 0.243 e. The normalized spacial score (nSPS) is 14.8. The molecule has 3 aromatic rings. The number of para-hydroxylation sites is 1. The molecule has 1 aliphatic rings. The molecule has 0 spiro atoms. The third kappa shape index (κ3) is 5.45. The molecule has 0 atom stereocenters. The maximum atomic E-state index is 12.9. The van der Waals surface area contributed by atoms with Crippen molar-refractivity contribution in [2.45, 2.75) is 42.8 Å². The zero-order valence-corrected chi connectivity index (χ0v) is 20.1. The molecule has 1 aliphatic heterocycles.